The van der Waals surface area contributed by atoms with Gasteiger partial charge in [0.05, 0.1) is 7.11 Å². The fourth-order valence-electron chi connectivity index (χ4n) is 0.887. The third-order valence-electron chi connectivity index (χ3n) is 1.69. The Morgan fingerprint density at radius 1 is 1.46 bits per heavy atom. The average Bonchev–Trinajstić information content (AvgIpc) is 2.13. The molecule has 13 heavy (non-hydrogen) atoms. The Kier molecular flexibility index (Phi) is 5.93. The van der Waals surface area contributed by atoms with Crippen LogP contribution >= 0.6 is 0 Å². The van der Waals surface area contributed by atoms with Gasteiger partial charge in [-0.25, -0.2) is 4.79 Å². The van der Waals surface area contributed by atoms with Crippen LogP contribution in [0.15, 0.2) is 0 Å². The van der Waals surface area contributed by atoms with Gasteiger partial charge in [-0.2, -0.15) is 0 Å². The minimum absolute atomic E-state index is 0.0975. The van der Waals surface area contributed by atoms with E-state index in [1.54, 1.807) is 6.92 Å². The Balaban J connectivity index is 3.71. The van der Waals surface area contributed by atoms with E-state index in [2.05, 4.69) is 10.1 Å². The van der Waals surface area contributed by atoms with Gasteiger partial charge in [0.25, 0.3) is 0 Å². The summed E-state index contributed by atoms with van der Waals surface area (Å²) in [7, 11) is 1.30. The number of amides is 1. The molecule has 0 bridgehead atoms. The van der Waals surface area contributed by atoms with Crippen molar-refractivity contribution < 1.29 is 14.3 Å². The predicted octanol–water partition coefficient (Wildman–Crippen LogP) is 0.854. The highest BCUT2D eigenvalue weighted by atomic mass is 16.5. The number of hydrogen-bond donors (Lipinski definition) is 1. The first-order valence-corrected chi connectivity index (χ1v) is 4.49. The predicted molar refractivity (Wildman–Crippen MR) is 49.1 cm³/mol. The van der Waals surface area contributed by atoms with Crippen LogP contribution < -0.4 is 5.32 Å². The van der Waals surface area contributed by atoms with Gasteiger partial charge < -0.3 is 10.1 Å². The summed E-state index contributed by atoms with van der Waals surface area (Å²) in [6, 6.07) is -0.547. The van der Waals surface area contributed by atoms with Crippen molar-refractivity contribution in [2.75, 3.05) is 7.11 Å². The van der Waals surface area contributed by atoms with Crippen LogP contribution in [0.4, 0.5) is 0 Å². The summed E-state index contributed by atoms with van der Waals surface area (Å²) in [5.74, 6) is -0.510. The molecular weight excluding hydrogens is 170 g/mol. The molecule has 4 heteroatoms. The number of esters is 1. The molecule has 0 aliphatic heterocycles. The third kappa shape index (κ3) is 5.22. The first-order valence-electron chi connectivity index (χ1n) is 4.49. The molecule has 76 valence electrons. The summed E-state index contributed by atoms with van der Waals surface area (Å²) in [5.41, 5.74) is 0. The molecule has 1 unspecified atom stereocenters. The van der Waals surface area contributed by atoms with Crippen LogP contribution in [0.2, 0.25) is 0 Å². The fraction of sp³-hybridized carbons (Fsp3) is 0.778. The summed E-state index contributed by atoms with van der Waals surface area (Å²) in [6.07, 6.45) is 2.29. The molecule has 1 amide bonds. The van der Waals surface area contributed by atoms with Gasteiger partial charge in [0.15, 0.2) is 0 Å². The van der Waals surface area contributed by atoms with E-state index in [4.69, 9.17) is 0 Å². The van der Waals surface area contributed by atoms with Crippen LogP contribution in [0.5, 0.6) is 0 Å². The zero-order chi connectivity index (χ0) is 10.3. The quantitative estimate of drug-likeness (QED) is 0.649. The fourth-order valence-corrected chi connectivity index (χ4v) is 0.887. The molecule has 0 radical (unpaired) electrons. The molecule has 0 fully saturated rings. The van der Waals surface area contributed by atoms with Gasteiger partial charge in [-0.1, -0.05) is 13.3 Å². The van der Waals surface area contributed by atoms with Crippen molar-refractivity contribution in [3.05, 3.63) is 0 Å². The number of carbonyl (C=O) groups excluding carboxylic acids is 2. The van der Waals surface area contributed by atoms with Crippen molar-refractivity contribution in [1.29, 1.82) is 0 Å². The molecule has 0 aromatic heterocycles. The topological polar surface area (TPSA) is 55.4 Å². The first-order chi connectivity index (χ1) is 6.11. The van der Waals surface area contributed by atoms with Crippen LogP contribution in [-0.2, 0) is 14.3 Å². The molecule has 0 saturated carbocycles. The van der Waals surface area contributed by atoms with Crippen molar-refractivity contribution in [2.24, 2.45) is 0 Å². The number of carbonyl (C=O) groups is 2. The summed E-state index contributed by atoms with van der Waals surface area (Å²) < 4.78 is 4.46. The minimum Gasteiger partial charge on any atom is -0.467 e. The van der Waals surface area contributed by atoms with Gasteiger partial charge in [-0.3, -0.25) is 4.79 Å². The standard InChI is InChI=1S/C9H17NO3/c1-4-5-6-8(11)10-7(2)9(12)13-3/h7H,4-6H2,1-3H3,(H,10,11). The highest BCUT2D eigenvalue weighted by Gasteiger charge is 2.14. The SMILES string of the molecule is CCCCC(=O)NC(C)C(=O)OC. The second-order valence-corrected chi connectivity index (χ2v) is 2.92. The number of ether oxygens (including phenoxy) is 1. The van der Waals surface area contributed by atoms with Crippen LogP contribution in [0.25, 0.3) is 0 Å². The van der Waals surface area contributed by atoms with Crippen molar-refractivity contribution in [3.8, 4) is 0 Å². The largest absolute Gasteiger partial charge is 0.467 e. The lowest BCUT2D eigenvalue weighted by atomic mass is 10.2. The van der Waals surface area contributed by atoms with Crippen molar-refractivity contribution >= 4 is 11.9 Å². The van der Waals surface area contributed by atoms with Gasteiger partial charge >= 0.3 is 5.97 Å². The molecule has 0 rings (SSSR count). The van der Waals surface area contributed by atoms with E-state index >= 15 is 0 Å². The number of nitrogens with one attached hydrogen (secondary N) is 1. The normalized spacial score (nSPS) is 11.9. The zero-order valence-electron chi connectivity index (χ0n) is 8.42. The minimum atomic E-state index is -0.547. The molecule has 0 spiro atoms. The third-order valence-corrected chi connectivity index (χ3v) is 1.69. The molecule has 1 atom stereocenters. The van der Waals surface area contributed by atoms with Crippen molar-refractivity contribution in [3.63, 3.8) is 0 Å². The maximum Gasteiger partial charge on any atom is 0.328 e. The Labute approximate surface area is 78.6 Å². The lowest BCUT2D eigenvalue weighted by molar-refractivity contribution is -0.144. The highest BCUT2D eigenvalue weighted by Crippen LogP contribution is 1.95. The zero-order valence-corrected chi connectivity index (χ0v) is 8.42. The number of unbranched alkanes of at least 4 members (excludes halogenated alkanes) is 1. The van der Waals surface area contributed by atoms with Crippen LogP contribution in [-0.4, -0.2) is 25.0 Å². The molecule has 0 aliphatic carbocycles. The van der Waals surface area contributed by atoms with Crippen LogP contribution in [0.3, 0.4) is 0 Å². The molecule has 0 aliphatic rings. The molecule has 1 N–H and O–H groups in total. The number of methoxy groups -OCH3 is 1. The van der Waals surface area contributed by atoms with E-state index in [-0.39, 0.29) is 5.91 Å². The second kappa shape index (κ2) is 6.46. The van der Waals surface area contributed by atoms with Gasteiger partial charge in [-0.15, -0.1) is 0 Å². The monoisotopic (exact) mass is 187 g/mol. The second-order valence-electron chi connectivity index (χ2n) is 2.92. The van der Waals surface area contributed by atoms with E-state index in [0.717, 1.165) is 12.8 Å². The maximum absolute atomic E-state index is 11.1. The molecule has 0 aromatic rings. The van der Waals surface area contributed by atoms with Gasteiger partial charge in [0, 0.05) is 6.42 Å². The summed E-state index contributed by atoms with van der Waals surface area (Å²) in [5, 5.41) is 2.55. The molecule has 4 nitrogen and oxygen atoms in total. The Bertz CT molecular complexity index is 180. The van der Waals surface area contributed by atoms with E-state index in [9.17, 15) is 9.59 Å². The van der Waals surface area contributed by atoms with Crippen molar-refractivity contribution in [2.45, 2.75) is 39.2 Å². The van der Waals surface area contributed by atoms with E-state index in [1.807, 2.05) is 6.92 Å². The van der Waals surface area contributed by atoms with Crippen LogP contribution in [0, 0.1) is 0 Å². The van der Waals surface area contributed by atoms with E-state index in [1.165, 1.54) is 7.11 Å². The smallest absolute Gasteiger partial charge is 0.328 e. The summed E-state index contributed by atoms with van der Waals surface area (Å²) in [4.78, 5) is 22.0. The Morgan fingerprint density at radius 2 is 2.08 bits per heavy atom. The maximum atomic E-state index is 11.1. The number of hydrogen-bond acceptors (Lipinski definition) is 3. The highest BCUT2D eigenvalue weighted by molar-refractivity contribution is 5.83. The average molecular weight is 187 g/mol. The van der Waals surface area contributed by atoms with Gasteiger partial charge in [0.1, 0.15) is 6.04 Å². The number of rotatable bonds is 5. The first kappa shape index (κ1) is 11.9. The Morgan fingerprint density at radius 3 is 2.54 bits per heavy atom. The molecule has 0 heterocycles. The van der Waals surface area contributed by atoms with E-state index < -0.39 is 12.0 Å². The van der Waals surface area contributed by atoms with Crippen molar-refractivity contribution in [1.82, 2.24) is 5.32 Å². The molecule has 0 aromatic carbocycles. The van der Waals surface area contributed by atoms with Crippen LogP contribution in [0.1, 0.15) is 33.1 Å². The Hall–Kier alpha value is -1.06. The summed E-state index contributed by atoms with van der Waals surface area (Å²) >= 11 is 0. The van der Waals surface area contributed by atoms with Gasteiger partial charge in [0.2, 0.25) is 5.91 Å². The van der Waals surface area contributed by atoms with E-state index in [0.29, 0.717) is 6.42 Å². The molecule has 0 saturated heterocycles. The lowest BCUT2D eigenvalue weighted by Crippen LogP contribution is -2.38. The summed E-state index contributed by atoms with van der Waals surface area (Å²) in [6.45, 7) is 3.62. The molecular formula is C9H17NO3. The van der Waals surface area contributed by atoms with Gasteiger partial charge in [-0.05, 0) is 13.3 Å². The lowest BCUT2D eigenvalue weighted by Gasteiger charge is -2.10.